The number of hydrogen-bond acceptors (Lipinski definition) is 3. The van der Waals surface area contributed by atoms with Gasteiger partial charge in [0.15, 0.2) is 0 Å². The van der Waals surface area contributed by atoms with Crippen LogP contribution in [0, 0.1) is 0 Å². The average Bonchev–Trinajstić information content (AvgIpc) is 2.42. The van der Waals surface area contributed by atoms with Crippen molar-refractivity contribution in [3.63, 3.8) is 0 Å². The van der Waals surface area contributed by atoms with Gasteiger partial charge in [0.05, 0.1) is 6.61 Å². The summed E-state index contributed by atoms with van der Waals surface area (Å²) < 4.78 is 5.19. The van der Waals surface area contributed by atoms with Crippen LogP contribution < -0.4 is 0 Å². The first-order chi connectivity index (χ1) is 9.58. The van der Waals surface area contributed by atoms with Crippen LogP contribution in [-0.2, 0) is 14.3 Å². The van der Waals surface area contributed by atoms with Crippen molar-refractivity contribution >= 4 is 11.9 Å². The van der Waals surface area contributed by atoms with Crippen LogP contribution in [0.5, 0.6) is 0 Å². The van der Waals surface area contributed by atoms with E-state index in [0.717, 1.165) is 38.5 Å². The monoisotopic (exact) mass is 284 g/mol. The molecule has 20 heavy (non-hydrogen) atoms. The SMILES string of the molecule is CCCCOC(=O)C(CCCC)=C(CCCC)C(=O)O. The van der Waals surface area contributed by atoms with Gasteiger partial charge in [0, 0.05) is 11.1 Å². The highest BCUT2D eigenvalue weighted by molar-refractivity contribution is 5.99. The van der Waals surface area contributed by atoms with Crippen LogP contribution in [0.15, 0.2) is 11.1 Å². The molecule has 4 nitrogen and oxygen atoms in total. The molecule has 0 spiro atoms. The lowest BCUT2D eigenvalue weighted by molar-refractivity contribution is -0.140. The largest absolute Gasteiger partial charge is 0.478 e. The van der Waals surface area contributed by atoms with E-state index in [1.165, 1.54) is 0 Å². The molecule has 0 aliphatic rings. The van der Waals surface area contributed by atoms with Crippen LogP contribution in [0.2, 0.25) is 0 Å². The first kappa shape index (κ1) is 18.7. The van der Waals surface area contributed by atoms with Crippen molar-refractivity contribution in [2.75, 3.05) is 6.61 Å². The van der Waals surface area contributed by atoms with Crippen molar-refractivity contribution in [1.29, 1.82) is 0 Å². The molecule has 0 heterocycles. The lowest BCUT2D eigenvalue weighted by Gasteiger charge is -2.12. The van der Waals surface area contributed by atoms with Gasteiger partial charge in [-0.3, -0.25) is 0 Å². The molecule has 0 aromatic carbocycles. The molecule has 116 valence electrons. The summed E-state index contributed by atoms with van der Waals surface area (Å²) in [7, 11) is 0. The molecule has 0 radical (unpaired) electrons. The van der Waals surface area contributed by atoms with Gasteiger partial charge in [-0.2, -0.15) is 0 Å². The average molecular weight is 284 g/mol. The van der Waals surface area contributed by atoms with Crippen LogP contribution in [-0.4, -0.2) is 23.7 Å². The second kappa shape index (κ2) is 11.5. The fourth-order valence-electron chi connectivity index (χ4n) is 1.87. The normalized spacial score (nSPS) is 11.9. The Hall–Kier alpha value is -1.32. The molecule has 0 saturated carbocycles. The van der Waals surface area contributed by atoms with E-state index in [4.69, 9.17) is 4.74 Å². The van der Waals surface area contributed by atoms with Gasteiger partial charge in [0.1, 0.15) is 0 Å². The minimum absolute atomic E-state index is 0.238. The summed E-state index contributed by atoms with van der Waals surface area (Å²) in [5.74, 6) is -1.43. The number of carboxylic acids is 1. The predicted octanol–water partition coefficient (Wildman–Crippen LogP) is 4.09. The maximum absolute atomic E-state index is 12.1. The van der Waals surface area contributed by atoms with Gasteiger partial charge in [-0.15, -0.1) is 0 Å². The fourth-order valence-corrected chi connectivity index (χ4v) is 1.87. The predicted molar refractivity (Wildman–Crippen MR) is 79.6 cm³/mol. The number of hydrogen-bond donors (Lipinski definition) is 1. The topological polar surface area (TPSA) is 63.6 Å². The van der Waals surface area contributed by atoms with Crippen LogP contribution in [0.4, 0.5) is 0 Å². The third kappa shape index (κ3) is 7.31. The summed E-state index contributed by atoms with van der Waals surface area (Å²) in [6.07, 6.45) is 6.10. The molecule has 0 amide bonds. The molecule has 4 heteroatoms. The number of carboxylic acid groups (broad SMARTS) is 1. The Kier molecular flexibility index (Phi) is 10.7. The summed E-state index contributed by atoms with van der Waals surface area (Å²) in [5, 5.41) is 9.32. The summed E-state index contributed by atoms with van der Waals surface area (Å²) in [5.41, 5.74) is 0.603. The van der Waals surface area contributed by atoms with Gasteiger partial charge in [0.25, 0.3) is 0 Å². The molecule has 0 fully saturated rings. The van der Waals surface area contributed by atoms with E-state index in [-0.39, 0.29) is 5.57 Å². The molecule has 0 atom stereocenters. The quantitative estimate of drug-likeness (QED) is 0.352. The van der Waals surface area contributed by atoms with Gasteiger partial charge in [-0.25, -0.2) is 9.59 Å². The Balaban J connectivity index is 5.02. The molecule has 0 unspecified atom stereocenters. The molecule has 0 saturated heterocycles. The van der Waals surface area contributed by atoms with Crippen molar-refractivity contribution in [3.05, 3.63) is 11.1 Å². The molecular formula is C16H28O4. The second-order valence-electron chi connectivity index (χ2n) is 4.96. The Morgan fingerprint density at radius 3 is 1.80 bits per heavy atom. The maximum Gasteiger partial charge on any atom is 0.334 e. The van der Waals surface area contributed by atoms with Crippen molar-refractivity contribution in [3.8, 4) is 0 Å². The lowest BCUT2D eigenvalue weighted by Crippen LogP contribution is -2.15. The van der Waals surface area contributed by atoms with Gasteiger partial charge in [0.2, 0.25) is 0 Å². The van der Waals surface area contributed by atoms with E-state index >= 15 is 0 Å². The van der Waals surface area contributed by atoms with E-state index in [0.29, 0.717) is 25.0 Å². The van der Waals surface area contributed by atoms with Gasteiger partial charge in [-0.05, 0) is 32.1 Å². The summed E-state index contributed by atoms with van der Waals surface area (Å²) >= 11 is 0. The first-order valence-corrected chi connectivity index (χ1v) is 7.70. The first-order valence-electron chi connectivity index (χ1n) is 7.70. The van der Waals surface area contributed by atoms with E-state index in [1.807, 2.05) is 20.8 Å². The highest BCUT2D eigenvalue weighted by atomic mass is 16.5. The molecule has 0 aromatic rings. The molecule has 0 aliphatic carbocycles. The zero-order chi connectivity index (χ0) is 15.4. The molecule has 0 rings (SSSR count). The molecular weight excluding hydrogens is 256 g/mol. The molecule has 0 aliphatic heterocycles. The number of unbranched alkanes of at least 4 members (excludes halogenated alkanes) is 3. The zero-order valence-corrected chi connectivity index (χ0v) is 13.0. The fraction of sp³-hybridized carbons (Fsp3) is 0.750. The van der Waals surface area contributed by atoms with Crippen LogP contribution in [0.3, 0.4) is 0 Å². The van der Waals surface area contributed by atoms with Crippen molar-refractivity contribution in [2.45, 2.75) is 72.1 Å². The van der Waals surface area contributed by atoms with E-state index in [2.05, 4.69) is 0 Å². The van der Waals surface area contributed by atoms with Gasteiger partial charge in [-0.1, -0.05) is 40.0 Å². The maximum atomic E-state index is 12.1. The van der Waals surface area contributed by atoms with Crippen molar-refractivity contribution < 1.29 is 19.4 Å². The zero-order valence-electron chi connectivity index (χ0n) is 13.0. The number of esters is 1. The number of aliphatic carboxylic acids is 1. The van der Waals surface area contributed by atoms with Crippen molar-refractivity contribution in [1.82, 2.24) is 0 Å². The van der Waals surface area contributed by atoms with Crippen LogP contribution in [0.25, 0.3) is 0 Å². The molecule has 0 bridgehead atoms. The Morgan fingerprint density at radius 1 is 0.850 bits per heavy atom. The Labute approximate surface area is 122 Å². The second-order valence-corrected chi connectivity index (χ2v) is 4.96. The third-order valence-corrected chi connectivity index (χ3v) is 3.16. The smallest absolute Gasteiger partial charge is 0.334 e. The Bertz CT molecular complexity index is 331. The summed E-state index contributed by atoms with van der Waals surface area (Å²) in [6, 6.07) is 0. The van der Waals surface area contributed by atoms with E-state index < -0.39 is 11.9 Å². The van der Waals surface area contributed by atoms with E-state index in [9.17, 15) is 14.7 Å². The summed E-state index contributed by atoms with van der Waals surface area (Å²) in [6.45, 7) is 6.41. The minimum Gasteiger partial charge on any atom is -0.478 e. The number of ether oxygens (including phenoxy) is 1. The lowest BCUT2D eigenvalue weighted by atomic mass is 9.98. The third-order valence-electron chi connectivity index (χ3n) is 3.16. The molecule has 1 N–H and O–H groups in total. The van der Waals surface area contributed by atoms with Crippen LogP contribution in [0.1, 0.15) is 72.1 Å². The highest BCUT2D eigenvalue weighted by Gasteiger charge is 2.20. The number of carbonyl (C=O) groups is 2. The van der Waals surface area contributed by atoms with Gasteiger partial charge >= 0.3 is 11.9 Å². The number of rotatable bonds is 11. The standard InChI is InChI=1S/C16H28O4/c1-4-7-10-13(15(17)18)14(11-8-5-2)16(19)20-12-9-6-3/h4-12H2,1-3H3,(H,17,18). The summed E-state index contributed by atoms with van der Waals surface area (Å²) in [4.78, 5) is 23.5. The Morgan fingerprint density at radius 2 is 1.35 bits per heavy atom. The van der Waals surface area contributed by atoms with Crippen molar-refractivity contribution in [2.24, 2.45) is 0 Å². The van der Waals surface area contributed by atoms with Crippen LogP contribution >= 0.6 is 0 Å². The van der Waals surface area contributed by atoms with Gasteiger partial charge < -0.3 is 9.84 Å². The number of carbonyl (C=O) groups excluding carboxylic acids is 1. The van der Waals surface area contributed by atoms with E-state index in [1.54, 1.807) is 0 Å². The minimum atomic E-state index is -0.989. The highest BCUT2D eigenvalue weighted by Crippen LogP contribution is 2.20. The molecule has 0 aromatic heterocycles.